The molecule has 1 aliphatic heterocycles. The van der Waals surface area contributed by atoms with Gasteiger partial charge in [0.1, 0.15) is 5.76 Å². The van der Waals surface area contributed by atoms with Gasteiger partial charge in [-0.3, -0.25) is 9.59 Å². The van der Waals surface area contributed by atoms with E-state index in [-0.39, 0.29) is 11.3 Å². The molecule has 0 bridgehead atoms. The van der Waals surface area contributed by atoms with Crippen molar-refractivity contribution in [2.75, 3.05) is 19.8 Å². The van der Waals surface area contributed by atoms with Gasteiger partial charge in [0.05, 0.1) is 24.8 Å². The molecule has 1 amide bonds. The quantitative estimate of drug-likeness (QED) is 0.162. The average molecular weight is 548 g/mol. The number of aliphatic hydroxyl groups excluding tert-OH is 1. The molecule has 0 radical (unpaired) electrons. The lowest BCUT2D eigenvalue weighted by Crippen LogP contribution is -2.31. The SMILES string of the molecule is CCOc1cc(C2/C(=C(\O)c3ccc(Cl)cc3)C(=O)C(=O)N2CCc2ccccc2)ccc1OCCC(C)C. The number of ether oxygens (including phenoxy) is 2. The summed E-state index contributed by atoms with van der Waals surface area (Å²) in [5, 5.41) is 11.8. The second-order valence-electron chi connectivity index (χ2n) is 9.91. The molecule has 1 heterocycles. The number of ketones is 1. The van der Waals surface area contributed by atoms with Crippen LogP contribution in [-0.4, -0.2) is 41.5 Å². The van der Waals surface area contributed by atoms with Crippen molar-refractivity contribution in [2.45, 2.75) is 39.7 Å². The Kier molecular flexibility index (Phi) is 9.31. The Morgan fingerprint density at radius 3 is 2.36 bits per heavy atom. The van der Waals surface area contributed by atoms with Crippen molar-refractivity contribution >= 4 is 29.1 Å². The predicted octanol–water partition coefficient (Wildman–Crippen LogP) is 6.83. The van der Waals surface area contributed by atoms with Crippen molar-refractivity contribution in [1.29, 1.82) is 0 Å². The number of aliphatic hydroxyl groups is 1. The third-order valence-electron chi connectivity index (χ3n) is 6.68. The molecule has 6 nitrogen and oxygen atoms in total. The largest absolute Gasteiger partial charge is 0.507 e. The summed E-state index contributed by atoms with van der Waals surface area (Å²) in [5.74, 6) is 0.000898. The van der Waals surface area contributed by atoms with Crippen LogP contribution in [0.25, 0.3) is 5.76 Å². The maximum absolute atomic E-state index is 13.4. The van der Waals surface area contributed by atoms with E-state index in [4.69, 9.17) is 21.1 Å². The number of hydrogen-bond donors (Lipinski definition) is 1. The monoisotopic (exact) mass is 547 g/mol. The lowest BCUT2D eigenvalue weighted by atomic mass is 9.94. The van der Waals surface area contributed by atoms with Crippen molar-refractivity contribution in [1.82, 2.24) is 4.90 Å². The highest BCUT2D eigenvalue weighted by Gasteiger charge is 2.46. The molecule has 3 aromatic carbocycles. The van der Waals surface area contributed by atoms with Gasteiger partial charge in [0, 0.05) is 17.1 Å². The fraction of sp³-hybridized carbons (Fsp3) is 0.312. The van der Waals surface area contributed by atoms with Crippen LogP contribution in [0, 0.1) is 5.92 Å². The maximum Gasteiger partial charge on any atom is 0.295 e. The first-order valence-electron chi connectivity index (χ1n) is 13.3. The zero-order valence-electron chi connectivity index (χ0n) is 22.5. The minimum atomic E-state index is -0.798. The molecule has 1 fully saturated rings. The highest BCUT2D eigenvalue weighted by atomic mass is 35.5. The standard InChI is InChI=1S/C32H34ClNO5/c1-4-38-27-20-24(12-15-26(27)39-19-17-21(2)3)29-28(30(35)23-10-13-25(33)14-11-23)31(36)32(37)34(29)18-16-22-8-6-5-7-9-22/h5-15,20-21,29,35H,4,16-19H2,1-3H3/b30-28+. The first kappa shape index (κ1) is 28.2. The Bertz CT molecular complexity index is 1330. The molecule has 39 heavy (non-hydrogen) atoms. The van der Waals surface area contributed by atoms with Gasteiger partial charge in [-0.05, 0) is 73.2 Å². The number of carbonyl (C=O) groups excluding carboxylic acids is 2. The zero-order valence-corrected chi connectivity index (χ0v) is 23.3. The molecular formula is C32H34ClNO5. The van der Waals surface area contributed by atoms with Crippen LogP contribution < -0.4 is 9.47 Å². The topological polar surface area (TPSA) is 76.1 Å². The number of benzene rings is 3. The molecule has 1 unspecified atom stereocenters. The first-order chi connectivity index (χ1) is 18.8. The van der Waals surface area contributed by atoms with Gasteiger partial charge in [-0.1, -0.05) is 61.8 Å². The summed E-state index contributed by atoms with van der Waals surface area (Å²) in [6.07, 6.45) is 1.45. The average Bonchev–Trinajstić information content (AvgIpc) is 3.18. The molecule has 7 heteroatoms. The van der Waals surface area contributed by atoms with E-state index in [0.717, 1.165) is 12.0 Å². The number of carbonyl (C=O) groups is 2. The fourth-order valence-electron chi connectivity index (χ4n) is 4.60. The summed E-state index contributed by atoms with van der Waals surface area (Å²) in [6.45, 7) is 7.42. The van der Waals surface area contributed by atoms with E-state index >= 15 is 0 Å². The number of amides is 1. The Morgan fingerprint density at radius 1 is 0.974 bits per heavy atom. The molecule has 1 N–H and O–H groups in total. The van der Waals surface area contributed by atoms with Crippen LogP contribution in [0.2, 0.25) is 5.02 Å². The lowest BCUT2D eigenvalue weighted by Gasteiger charge is -2.26. The zero-order chi connectivity index (χ0) is 27.9. The number of nitrogens with zero attached hydrogens (tertiary/aromatic N) is 1. The first-order valence-corrected chi connectivity index (χ1v) is 13.7. The summed E-state index contributed by atoms with van der Waals surface area (Å²) in [4.78, 5) is 28.3. The second-order valence-corrected chi connectivity index (χ2v) is 10.3. The normalized spacial score (nSPS) is 16.6. The molecule has 1 atom stereocenters. The van der Waals surface area contributed by atoms with E-state index < -0.39 is 17.7 Å². The van der Waals surface area contributed by atoms with Crippen LogP contribution in [-0.2, 0) is 16.0 Å². The number of Topliss-reactive ketones (excluding diaryl/α,β-unsaturated/α-hetero) is 1. The molecule has 0 aliphatic carbocycles. The van der Waals surface area contributed by atoms with E-state index in [2.05, 4.69) is 13.8 Å². The van der Waals surface area contributed by atoms with E-state index in [9.17, 15) is 14.7 Å². The number of halogens is 1. The number of hydrogen-bond acceptors (Lipinski definition) is 5. The van der Waals surface area contributed by atoms with Crippen molar-refractivity contribution in [3.05, 3.63) is 100 Å². The highest BCUT2D eigenvalue weighted by Crippen LogP contribution is 2.42. The minimum Gasteiger partial charge on any atom is -0.507 e. The van der Waals surface area contributed by atoms with Gasteiger partial charge >= 0.3 is 0 Å². The third-order valence-corrected chi connectivity index (χ3v) is 6.93. The van der Waals surface area contributed by atoms with Crippen LogP contribution in [0.3, 0.4) is 0 Å². The van der Waals surface area contributed by atoms with Crippen LogP contribution in [0.15, 0.2) is 78.4 Å². The van der Waals surface area contributed by atoms with Gasteiger partial charge in [0.15, 0.2) is 11.5 Å². The summed E-state index contributed by atoms with van der Waals surface area (Å²) in [5.41, 5.74) is 2.13. The summed E-state index contributed by atoms with van der Waals surface area (Å²) in [6, 6.07) is 20.9. The Labute approximate surface area is 234 Å². The number of likely N-dealkylation sites (tertiary alicyclic amines) is 1. The highest BCUT2D eigenvalue weighted by molar-refractivity contribution is 6.46. The van der Waals surface area contributed by atoms with Gasteiger partial charge in [-0.15, -0.1) is 0 Å². The van der Waals surface area contributed by atoms with Crippen molar-refractivity contribution in [2.24, 2.45) is 5.92 Å². The molecule has 4 rings (SSSR count). The van der Waals surface area contributed by atoms with E-state index in [1.807, 2.05) is 43.3 Å². The van der Waals surface area contributed by atoms with Gasteiger partial charge in [0.25, 0.3) is 11.7 Å². The second kappa shape index (κ2) is 12.9. The van der Waals surface area contributed by atoms with Gasteiger partial charge in [-0.2, -0.15) is 0 Å². The van der Waals surface area contributed by atoms with Crippen LogP contribution in [0.1, 0.15) is 49.9 Å². The predicted molar refractivity (Wildman–Crippen MR) is 153 cm³/mol. The van der Waals surface area contributed by atoms with Crippen molar-refractivity contribution in [3.63, 3.8) is 0 Å². The maximum atomic E-state index is 13.4. The molecule has 0 aromatic heterocycles. The van der Waals surface area contributed by atoms with E-state index in [1.165, 1.54) is 4.90 Å². The molecular weight excluding hydrogens is 514 g/mol. The van der Waals surface area contributed by atoms with Crippen LogP contribution >= 0.6 is 11.6 Å². The van der Waals surface area contributed by atoms with Gasteiger partial charge < -0.3 is 19.5 Å². The lowest BCUT2D eigenvalue weighted by molar-refractivity contribution is -0.139. The van der Waals surface area contributed by atoms with E-state index in [0.29, 0.717) is 59.7 Å². The molecule has 0 spiro atoms. The van der Waals surface area contributed by atoms with Crippen molar-refractivity contribution < 1.29 is 24.2 Å². The summed E-state index contributed by atoms with van der Waals surface area (Å²) < 4.78 is 11.9. The summed E-state index contributed by atoms with van der Waals surface area (Å²) in [7, 11) is 0. The van der Waals surface area contributed by atoms with Crippen molar-refractivity contribution in [3.8, 4) is 11.5 Å². The summed E-state index contributed by atoms with van der Waals surface area (Å²) >= 11 is 6.04. The third kappa shape index (κ3) is 6.63. The number of rotatable bonds is 11. The molecule has 1 saturated heterocycles. The smallest absolute Gasteiger partial charge is 0.295 e. The molecule has 0 saturated carbocycles. The molecule has 204 valence electrons. The molecule has 3 aromatic rings. The Morgan fingerprint density at radius 2 is 1.69 bits per heavy atom. The minimum absolute atomic E-state index is 0.0336. The van der Waals surface area contributed by atoms with Gasteiger partial charge in [-0.25, -0.2) is 0 Å². The van der Waals surface area contributed by atoms with Gasteiger partial charge in [0.2, 0.25) is 0 Å². The Balaban J connectivity index is 1.77. The Hall–Kier alpha value is -3.77. The van der Waals surface area contributed by atoms with E-state index in [1.54, 1.807) is 36.4 Å². The molecule has 1 aliphatic rings. The fourth-order valence-corrected chi connectivity index (χ4v) is 4.73. The van der Waals surface area contributed by atoms with Crippen LogP contribution in [0.4, 0.5) is 0 Å². The van der Waals surface area contributed by atoms with Crippen LogP contribution in [0.5, 0.6) is 11.5 Å².